The number of rotatable bonds is 2. The molecular weight excluding hydrogens is 180 g/mol. The smallest absolute Gasteiger partial charge is 0.239 e. The third-order valence-electron chi connectivity index (χ3n) is 3.11. The molecule has 2 rings (SSSR count). The van der Waals surface area contributed by atoms with Gasteiger partial charge in [0, 0.05) is 13.1 Å². The highest BCUT2D eigenvalue weighted by Gasteiger charge is 2.36. The van der Waals surface area contributed by atoms with Crippen molar-refractivity contribution < 1.29 is 9.53 Å². The van der Waals surface area contributed by atoms with Crippen molar-refractivity contribution in [3.63, 3.8) is 0 Å². The number of hydrogen-bond donors (Lipinski definition) is 1. The minimum atomic E-state index is -0.326. The Bertz CT molecular complexity index is 220. The Morgan fingerprint density at radius 2 is 2.07 bits per heavy atom. The first-order valence-corrected chi connectivity index (χ1v) is 5.40. The second-order valence-corrected chi connectivity index (χ2v) is 4.22. The molecule has 1 amide bonds. The number of nitrogens with two attached hydrogens (primary N) is 1. The molecule has 2 heterocycles. The Morgan fingerprint density at radius 1 is 1.50 bits per heavy atom. The van der Waals surface area contributed by atoms with Gasteiger partial charge in [-0.1, -0.05) is 6.92 Å². The number of nitrogens with zero attached hydrogens (tertiary/aromatic N) is 1. The number of amides is 1. The molecule has 4 heteroatoms. The number of fused-ring (bicyclic) bond motifs is 2. The SMILES string of the molecule is CC[C@H](N)C(=O)N1CC2CCC(C1)O2. The van der Waals surface area contributed by atoms with Gasteiger partial charge in [-0.05, 0) is 19.3 Å². The molecule has 2 N–H and O–H groups in total. The van der Waals surface area contributed by atoms with Crippen LogP contribution in [0.3, 0.4) is 0 Å². The number of ether oxygens (including phenoxy) is 1. The Kier molecular flexibility index (Phi) is 2.74. The second-order valence-electron chi connectivity index (χ2n) is 4.22. The van der Waals surface area contributed by atoms with Gasteiger partial charge in [0.2, 0.25) is 5.91 Å². The molecule has 2 aliphatic rings. The molecule has 0 aromatic rings. The average Bonchev–Trinajstić information content (AvgIpc) is 2.55. The largest absolute Gasteiger partial charge is 0.371 e. The summed E-state index contributed by atoms with van der Waals surface area (Å²) in [6.45, 7) is 3.42. The van der Waals surface area contributed by atoms with E-state index in [1.807, 2.05) is 11.8 Å². The molecule has 2 aliphatic heterocycles. The number of carbonyl (C=O) groups excluding carboxylic acids is 1. The van der Waals surface area contributed by atoms with E-state index in [1.165, 1.54) is 0 Å². The lowest BCUT2D eigenvalue weighted by Crippen LogP contribution is -2.51. The molecule has 2 unspecified atom stereocenters. The maximum Gasteiger partial charge on any atom is 0.239 e. The lowest BCUT2D eigenvalue weighted by molar-refractivity contribution is -0.141. The van der Waals surface area contributed by atoms with E-state index in [1.54, 1.807) is 0 Å². The molecule has 3 atom stereocenters. The van der Waals surface area contributed by atoms with Crippen LogP contribution >= 0.6 is 0 Å². The summed E-state index contributed by atoms with van der Waals surface area (Å²) in [6.07, 6.45) is 3.43. The molecule has 2 bridgehead atoms. The number of morpholine rings is 1. The molecule has 0 aliphatic carbocycles. The molecule has 2 fully saturated rings. The van der Waals surface area contributed by atoms with Gasteiger partial charge in [0.05, 0.1) is 18.2 Å². The van der Waals surface area contributed by atoms with Crippen LogP contribution in [0, 0.1) is 0 Å². The molecule has 80 valence electrons. The zero-order valence-electron chi connectivity index (χ0n) is 8.61. The van der Waals surface area contributed by atoms with E-state index in [-0.39, 0.29) is 24.2 Å². The molecule has 0 radical (unpaired) electrons. The van der Waals surface area contributed by atoms with Crippen molar-refractivity contribution in [1.82, 2.24) is 4.90 Å². The van der Waals surface area contributed by atoms with E-state index in [9.17, 15) is 4.79 Å². The Hall–Kier alpha value is -0.610. The van der Waals surface area contributed by atoms with Crippen molar-refractivity contribution in [3.8, 4) is 0 Å². The highest BCUT2D eigenvalue weighted by Crippen LogP contribution is 2.26. The van der Waals surface area contributed by atoms with Crippen LogP contribution in [0.2, 0.25) is 0 Å². The zero-order chi connectivity index (χ0) is 10.1. The summed E-state index contributed by atoms with van der Waals surface area (Å²) in [5.74, 6) is 0.0905. The standard InChI is InChI=1S/C10H18N2O2/c1-2-9(11)10(13)12-5-7-3-4-8(6-12)14-7/h7-9H,2-6,11H2,1H3/t7?,8?,9-/m0/s1. The molecule has 4 nitrogen and oxygen atoms in total. The molecule has 14 heavy (non-hydrogen) atoms. The fourth-order valence-electron chi connectivity index (χ4n) is 2.20. The average molecular weight is 198 g/mol. The lowest BCUT2D eigenvalue weighted by Gasteiger charge is -2.33. The van der Waals surface area contributed by atoms with Gasteiger partial charge in [-0.25, -0.2) is 0 Å². The van der Waals surface area contributed by atoms with Gasteiger partial charge in [0.1, 0.15) is 0 Å². The highest BCUT2D eigenvalue weighted by atomic mass is 16.5. The normalized spacial score (nSPS) is 33.1. The van der Waals surface area contributed by atoms with E-state index in [0.29, 0.717) is 6.42 Å². The zero-order valence-corrected chi connectivity index (χ0v) is 8.61. The van der Waals surface area contributed by atoms with E-state index in [0.717, 1.165) is 25.9 Å². The number of hydrogen-bond acceptors (Lipinski definition) is 3. The van der Waals surface area contributed by atoms with Crippen LogP contribution < -0.4 is 5.73 Å². The van der Waals surface area contributed by atoms with Crippen LogP contribution in [0.15, 0.2) is 0 Å². The first-order chi connectivity index (χ1) is 6.70. The third-order valence-corrected chi connectivity index (χ3v) is 3.11. The first kappa shape index (κ1) is 9.93. The van der Waals surface area contributed by atoms with Crippen molar-refractivity contribution in [2.24, 2.45) is 5.73 Å². The summed E-state index contributed by atoms with van der Waals surface area (Å²) < 4.78 is 5.66. The van der Waals surface area contributed by atoms with Crippen LogP contribution in [-0.2, 0) is 9.53 Å². The molecule has 0 saturated carbocycles. The minimum Gasteiger partial charge on any atom is -0.371 e. The van der Waals surface area contributed by atoms with Gasteiger partial charge in [0.15, 0.2) is 0 Å². The van der Waals surface area contributed by atoms with Crippen LogP contribution in [0.4, 0.5) is 0 Å². The predicted octanol–water partition coefficient (Wildman–Crippen LogP) is 0.113. The van der Waals surface area contributed by atoms with E-state index < -0.39 is 0 Å². The first-order valence-electron chi connectivity index (χ1n) is 5.40. The third kappa shape index (κ3) is 1.77. The summed E-state index contributed by atoms with van der Waals surface area (Å²) in [6, 6.07) is -0.326. The summed E-state index contributed by atoms with van der Waals surface area (Å²) in [5.41, 5.74) is 5.73. The maximum atomic E-state index is 11.8. The van der Waals surface area contributed by atoms with E-state index in [2.05, 4.69) is 0 Å². The number of carbonyl (C=O) groups is 1. The van der Waals surface area contributed by atoms with Crippen molar-refractivity contribution in [1.29, 1.82) is 0 Å². The van der Waals surface area contributed by atoms with Gasteiger partial charge < -0.3 is 15.4 Å². The Morgan fingerprint density at radius 3 is 2.57 bits per heavy atom. The van der Waals surface area contributed by atoms with Crippen LogP contribution in [0.5, 0.6) is 0 Å². The Labute approximate surface area is 84.4 Å². The lowest BCUT2D eigenvalue weighted by atomic mass is 10.2. The summed E-state index contributed by atoms with van der Waals surface area (Å²) in [5, 5.41) is 0. The highest BCUT2D eigenvalue weighted by molar-refractivity contribution is 5.81. The molecular formula is C10H18N2O2. The van der Waals surface area contributed by atoms with E-state index in [4.69, 9.17) is 10.5 Å². The predicted molar refractivity (Wildman–Crippen MR) is 52.7 cm³/mol. The van der Waals surface area contributed by atoms with Crippen molar-refractivity contribution in [2.75, 3.05) is 13.1 Å². The molecule has 0 spiro atoms. The van der Waals surface area contributed by atoms with Gasteiger partial charge >= 0.3 is 0 Å². The van der Waals surface area contributed by atoms with E-state index >= 15 is 0 Å². The summed E-state index contributed by atoms with van der Waals surface area (Å²) >= 11 is 0. The monoisotopic (exact) mass is 198 g/mol. The summed E-state index contributed by atoms with van der Waals surface area (Å²) in [7, 11) is 0. The molecule has 0 aromatic carbocycles. The van der Waals surface area contributed by atoms with Crippen molar-refractivity contribution >= 4 is 5.91 Å². The fraction of sp³-hybridized carbons (Fsp3) is 0.900. The van der Waals surface area contributed by atoms with Gasteiger partial charge in [-0.3, -0.25) is 4.79 Å². The summed E-state index contributed by atoms with van der Waals surface area (Å²) in [4.78, 5) is 13.7. The maximum absolute atomic E-state index is 11.8. The molecule has 2 saturated heterocycles. The fourth-order valence-corrected chi connectivity index (χ4v) is 2.20. The Balaban J connectivity index is 1.95. The topological polar surface area (TPSA) is 55.6 Å². The minimum absolute atomic E-state index is 0.0905. The van der Waals surface area contributed by atoms with Crippen LogP contribution in [0.1, 0.15) is 26.2 Å². The number of likely N-dealkylation sites (tertiary alicyclic amines) is 1. The van der Waals surface area contributed by atoms with Crippen LogP contribution in [-0.4, -0.2) is 42.1 Å². The van der Waals surface area contributed by atoms with Crippen LogP contribution in [0.25, 0.3) is 0 Å². The quantitative estimate of drug-likeness (QED) is 0.685. The second kappa shape index (κ2) is 3.87. The molecule has 0 aromatic heterocycles. The van der Waals surface area contributed by atoms with Crippen molar-refractivity contribution in [3.05, 3.63) is 0 Å². The van der Waals surface area contributed by atoms with Crippen molar-refractivity contribution in [2.45, 2.75) is 44.4 Å². The van der Waals surface area contributed by atoms with Gasteiger partial charge in [-0.15, -0.1) is 0 Å². The van der Waals surface area contributed by atoms with Gasteiger partial charge in [-0.2, -0.15) is 0 Å². The van der Waals surface area contributed by atoms with Gasteiger partial charge in [0.25, 0.3) is 0 Å².